The maximum atomic E-state index is 13.3. The molecule has 1 aliphatic carbocycles. The molecule has 2 unspecified atom stereocenters. The molecular formula is C26H18Cl2F4N4O2. The van der Waals surface area contributed by atoms with Crippen LogP contribution < -0.4 is 15.3 Å². The van der Waals surface area contributed by atoms with E-state index in [0.717, 1.165) is 12.3 Å². The topological polar surface area (TPSA) is 73.1 Å². The number of imidazole rings is 1. The molecule has 0 bridgehead atoms. The smallest absolute Gasteiger partial charge is 0.433 e. The lowest BCUT2D eigenvalue weighted by Crippen LogP contribution is -2.42. The normalized spacial score (nSPS) is 16.7. The molecule has 0 aliphatic heterocycles. The molecule has 1 N–H and O–H groups in total. The van der Waals surface area contributed by atoms with E-state index in [1.165, 1.54) is 42.9 Å². The van der Waals surface area contributed by atoms with Gasteiger partial charge in [0.05, 0.1) is 28.6 Å². The minimum absolute atomic E-state index is 0.0185. The number of aryl methyl sites for hydroxylation is 1. The molecular weight excluding hydrogens is 547 g/mol. The summed E-state index contributed by atoms with van der Waals surface area (Å²) in [4.78, 5) is 12.0. The summed E-state index contributed by atoms with van der Waals surface area (Å²) in [6.45, 7) is 0. The summed E-state index contributed by atoms with van der Waals surface area (Å²) in [5, 5.41) is 13.1. The van der Waals surface area contributed by atoms with Crippen molar-refractivity contribution >= 4 is 35.4 Å². The number of nitrogens with zero attached hydrogens (tertiary/aromatic N) is 4. The second-order valence-electron chi connectivity index (χ2n) is 8.70. The molecule has 6 nitrogen and oxygen atoms in total. The van der Waals surface area contributed by atoms with Crippen LogP contribution in [0, 0.1) is 11.7 Å². The Morgan fingerprint density at radius 2 is 1.82 bits per heavy atom. The van der Waals surface area contributed by atoms with Gasteiger partial charge in [0, 0.05) is 29.9 Å². The number of alkyl halides is 3. The van der Waals surface area contributed by atoms with Gasteiger partial charge in [0.1, 0.15) is 22.9 Å². The van der Waals surface area contributed by atoms with Crippen molar-refractivity contribution in [2.24, 2.45) is 13.0 Å². The number of hydrogen-bond donors (Lipinski definition) is 1. The van der Waals surface area contributed by atoms with Crippen molar-refractivity contribution in [2.75, 3.05) is 0 Å². The number of ether oxygens (including phenoxy) is 1. The highest BCUT2D eigenvalue weighted by molar-refractivity contribution is 6.36. The Kier molecular flexibility index (Phi) is 6.66. The monoisotopic (exact) mass is 564 g/mol. The summed E-state index contributed by atoms with van der Waals surface area (Å²) in [6.07, 6.45) is 2.91. The van der Waals surface area contributed by atoms with Gasteiger partial charge >= 0.3 is 6.18 Å². The summed E-state index contributed by atoms with van der Waals surface area (Å²) < 4.78 is 60.1. The third kappa shape index (κ3) is 4.63. The van der Waals surface area contributed by atoms with Crippen molar-refractivity contribution in [1.82, 2.24) is 19.5 Å². The molecule has 1 aliphatic rings. The molecule has 3 aromatic heterocycles. The molecule has 3 heterocycles. The molecule has 0 radical (unpaired) electrons. The number of fused-ring (bicyclic) bond motifs is 1. The molecule has 0 fully saturated rings. The molecule has 4 aromatic rings. The van der Waals surface area contributed by atoms with Crippen molar-refractivity contribution in [3.63, 3.8) is 0 Å². The zero-order valence-corrected chi connectivity index (χ0v) is 21.1. The van der Waals surface area contributed by atoms with E-state index in [1.54, 1.807) is 23.8 Å². The highest BCUT2D eigenvalue weighted by Crippen LogP contribution is 2.41. The fourth-order valence-electron chi connectivity index (χ4n) is 4.43. The largest absolute Gasteiger partial charge is 0.453 e. The number of aliphatic hydroxyl groups is 1. The van der Waals surface area contributed by atoms with Crippen LogP contribution >= 0.6 is 23.2 Å². The first-order chi connectivity index (χ1) is 18.0. The Labute approximate surface area is 223 Å². The molecule has 0 saturated heterocycles. The number of benzene rings is 1. The molecule has 0 spiro atoms. The zero-order chi connectivity index (χ0) is 27.2. The average molecular weight is 565 g/mol. The van der Waals surface area contributed by atoms with E-state index in [0.29, 0.717) is 16.3 Å². The summed E-state index contributed by atoms with van der Waals surface area (Å²) in [6, 6.07) is 7.24. The van der Waals surface area contributed by atoms with Crippen LogP contribution in [-0.4, -0.2) is 24.6 Å². The van der Waals surface area contributed by atoms with Gasteiger partial charge in [-0.15, -0.1) is 0 Å². The number of pyridine rings is 2. The zero-order valence-electron chi connectivity index (χ0n) is 19.5. The highest BCUT2D eigenvalue weighted by atomic mass is 35.5. The summed E-state index contributed by atoms with van der Waals surface area (Å²) in [5.41, 5.74) is -2.45. The third-order valence-corrected chi connectivity index (χ3v) is 6.95. The standard InChI is InChI=1S/C26H18Cl2F4N4O2/c1-36-13-33-12-21(36)25(37,15-3-9-20(34-11-15)26(30,31)32)14-2-8-19-18(10-14)22(27)23(24(28)35-19)38-17-6-4-16(29)5-7-17/h3-14,37H,2H2,1H3. The Hall–Kier alpha value is -3.47. The Morgan fingerprint density at radius 1 is 1.08 bits per heavy atom. The van der Waals surface area contributed by atoms with Gasteiger partial charge in [0.15, 0.2) is 10.9 Å². The van der Waals surface area contributed by atoms with Crippen molar-refractivity contribution < 1.29 is 27.4 Å². The molecule has 1 aromatic carbocycles. The first kappa shape index (κ1) is 26.1. The lowest BCUT2D eigenvalue weighted by molar-refractivity contribution is -0.141. The van der Waals surface area contributed by atoms with E-state index >= 15 is 0 Å². The molecule has 2 atom stereocenters. The molecule has 0 saturated carbocycles. The maximum absolute atomic E-state index is 13.3. The number of halogens is 6. The fraction of sp³-hybridized carbons (Fsp3) is 0.192. The Balaban J connectivity index is 1.64. The van der Waals surface area contributed by atoms with E-state index in [1.807, 2.05) is 0 Å². The second-order valence-corrected chi connectivity index (χ2v) is 9.44. The van der Waals surface area contributed by atoms with E-state index < -0.39 is 29.2 Å². The van der Waals surface area contributed by atoms with Gasteiger partial charge in [-0.2, -0.15) is 13.2 Å². The summed E-state index contributed by atoms with van der Waals surface area (Å²) in [7, 11) is 1.66. The van der Waals surface area contributed by atoms with Gasteiger partial charge < -0.3 is 14.4 Å². The Morgan fingerprint density at radius 3 is 2.42 bits per heavy atom. The average Bonchev–Trinajstić information content (AvgIpc) is 3.33. The van der Waals surface area contributed by atoms with Crippen LogP contribution in [0.15, 0.2) is 55.1 Å². The number of aromatic nitrogens is 4. The summed E-state index contributed by atoms with van der Waals surface area (Å²) >= 11 is 13.0. The SMILES string of the molecule is Cn1cncc1C(O)(c1ccc(C(F)(F)F)nc1)C1C=c2c(Cl)c(Oc3ccc(F)cc3)c(Cl)nc2=CC1. The van der Waals surface area contributed by atoms with Crippen LogP contribution in [0.4, 0.5) is 17.6 Å². The minimum atomic E-state index is -4.63. The molecule has 12 heteroatoms. The van der Waals surface area contributed by atoms with Crippen LogP contribution in [0.2, 0.25) is 10.2 Å². The lowest BCUT2D eigenvalue weighted by Gasteiger charge is -2.35. The second kappa shape index (κ2) is 9.68. The first-order valence-electron chi connectivity index (χ1n) is 11.2. The number of rotatable bonds is 5. The van der Waals surface area contributed by atoms with Crippen molar-refractivity contribution in [3.05, 3.63) is 98.6 Å². The van der Waals surface area contributed by atoms with Gasteiger partial charge in [-0.3, -0.25) is 4.98 Å². The predicted molar refractivity (Wildman–Crippen MR) is 132 cm³/mol. The van der Waals surface area contributed by atoms with E-state index in [9.17, 15) is 22.7 Å². The first-order valence-corrected chi connectivity index (χ1v) is 12.0. The van der Waals surface area contributed by atoms with E-state index in [4.69, 9.17) is 27.9 Å². The van der Waals surface area contributed by atoms with Gasteiger partial charge in [-0.05, 0) is 36.8 Å². The quantitative estimate of drug-likeness (QED) is 0.273. The third-order valence-electron chi connectivity index (χ3n) is 6.32. The summed E-state index contributed by atoms with van der Waals surface area (Å²) in [5.74, 6) is -0.862. The van der Waals surface area contributed by atoms with Gasteiger partial charge in [0.2, 0.25) is 0 Å². The van der Waals surface area contributed by atoms with Crippen LogP contribution in [0.1, 0.15) is 23.4 Å². The molecule has 38 heavy (non-hydrogen) atoms. The van der Waals surface area contributed by atoms with Crippen LogP contribution in [-0.2, 0) is 18.8 Å². The lowest BCUT2D eigenvalue weighted by atomic mass is 9.76. The van der Waals surface area contributed by atoms with Gasteiger partial charge in [0.25, 0.3) is 0 Å². The highest BCUT2D eigenvalue weighted by Gasteiger charge is 2.43. The van der Waals surface area contributed by atoms with Crippen LogP contribution in [0.25, 0.3) is 12.2 Å². The predicted octanol–water partition coefficient (Wildman–Crippen LogP) is 4.98. The van der Waals surface area contributed by atoms with Crippen molar-refractivity contribution in [2.45, 2.75) is 18.2 Å². The molecule has 5 rings (SSSR count). The van der Waals surface area contributed by atoms with Crippen LogP contribution in [0.3, 0.4) is 0 Å². The van der Waals surface area contributed by atoms with E-state index in [-0.39, 0.29) is 33.7 Å². The van der Waals surface area contributed by atoms with Crippen molar-refractivity contribution in [1.29, 1.82) is 0 Å². The van der Waals surface area contributed by atoms with Crippen molar-refractivity contribution in [3.8, 4) is 11.5 Å². The molecule has 196 valence electrons. The fourth-order valence-corrected chi connectivity index (χ4v) is 4.99. The molecule has 0 amide bonds. The minimum Gasteiger partial charge on any atom is -0.453 e. The van der Waals surface area contributed by atoms with Crippen LogP contribution in [0.5, 0.6) is 11.5 Å². The van der Waals surface area contributed by atoms with Gasteiger partial charge in [-0.1, -0.05) is 41.4 Å². The van der Waals surface area contributed by atoms with Gasteiger partial charge in [-0.25, -0.2) is 14.4 Å². The Bertz CT molecular complexity index is 1620. The number of hydrogen-bond acceptors (Lipinski definition) is 5. The maximum Gasteiger partial charge on any atom is 0.433 e. The van der Waals surface area contributed by atoms with E-state index in [2.05, 4.69) is 15.0 Å².